The number of hydrogen-bond donors (Lipinski definition) is 2. The van der Waals surface area contributed by atoms with Crippen LogP contribution in [0.4, 0.5) is 11.4 Å². The summed E-state index contributed by atoms with van der Waals surface area (Å²) < 4.78 is 25.0. The predicted molar refractivity (Wildman–Crippen MR) is 63.8 cm³/mol. The Morgan fingerprint density at radius 2 is 1.94 bits per heavy atom. The monoisotopic (exact) mass is 242 g/mol. The number of anilines is 2. The number of amides is 1. The highest BCUT2D eigenvalue weighted by atomic mass is 32.2. The molecule has 0 unspecified atom stereocenters. The number of carbonyl (C=O) groups is 1. The second kappa shape index (κ2) is 4.98. The molecule has 2 N–H and O–H groups in total. The SMILES string of the molecule is CCS(=O)(=O)Nc1cccc(NC(C)=O)c1. The molecule has 5 nitrogen and oxygen atoms in total. The van der Waals surface area contributed by atoms with Crippen molar-refractivity contribution in [2.45, 2.75) is 13.8 Å². The van der Waals surface area contributed by atoms with Gasteiger partial charge < -0.3 is 5.32 Å². The minimum Gasteiger partial charge on any atom is -0.326 e. The highest BCUT2D eigenvalue weighted by Crippen LogP contribution is 2.16. The zero-order chi connectivity index (χ0) is 12.2. The summed E-state index contributed by atoms with van der Waals surface area (Å²) in [5.74, 6) is -0.187. The van der Waals surface area contributed by atoms with Crippen LogP contribution in [0.1, 0.15) is 13.8 Å². The minimum atomic E-state index is -3.28. The van der Waals surface area contributed by atoms with Gasteiger partial charge in [0.05, 0.1) is 11.4 Å². The Labute approximate surface area is 94.9 Å². The van der Waals surface area contributed by atoms with E-state index in [9.17, 15) is 13.2 Å². The molecule has 0 fully saturated rings. The molecule has 0 aliphatic carbocycles. The largest absolute Gasteiger partial charge is 0.326 e. The summed E-state index contributed by atoms with van der Waals surface area (Å²) in [6, 6.07) is 6.54. The van der Waals surface area contributed by atoms with Crippen molar-refractivity contribution in [1.29, 1.82) is 0 Å². The molecule has 1 amide bonds. The average Bonchev–Trinajstić information content (AvgIpc) is 2.16. The highest BCUT2D eigenvalue weighted by molar-refractivity contribution is 7.92. The standard InChI is InChI=1S/C10H14N2O3S/c1-3-16(14,15)12-10-6-4-5-9(7-10)11-8(2)13/h4-7,12H,3H2,1-2H3,(H,11,13). The van der Waals surface area contributed by atoms with Crippen molar-refractivity contribution in [3.8, 4) is 0 Å². The van der Waals surface area contributed by atoms with E-state index in [1.54, 1.807) is 31.2 Å². The summed E-state index contributed by atoms with van der Waals surface area (Å²) in [7, 11) is -3.28. The molecule has 1 rings (SSSR count). The van der Waals surface area contributed by atoms with Gasteiger partial charge in [-0.2, -0.15) is 0 Å². The van der Waals surface area contributed by atoms with Crippen molar-refractivity contribution in [2.24, 2.45) is 0 Å². The van der Waals surface area contributed by atoms with E-state index in [0.29, 0.717) is 11.4 Å². The molecule has 1 aromatic carbocycles. The Balaban J connectivity index is 2.87. The maximum atomic E-state index is 11.3. The van der Waals surface area contributed by atoms with Crippen LogP contribution < -0.4 is 10.0 Å². The minimum absolute atomic E-state index is 0.0113. The van der Waals surface area contributed by atoms with Crippen LogP contribution in [0.3, 0.4) is 0 Å². The number of carbonyl (C=O) groups excluding carboxylic acids is 1. The molecule has 0 aliphatic rings. The Morgan fingerprint density at radius 1 is 1.31 bits per heavy atom. The van der Waals surface area contributed by atoms with Crippen LogP contribution >= 0.6 is 0 Å². The zero-order valence-corrected chi connectivity index (χ0v) is 9.97. The Morgan fingerprint density at radius 3 is 2.50 bits per heavy atom. The van der Waals surface area contributed by atoms with Crippen LogP contribution in [0.5, 0.6) is 0 Å². The van der Waals surface area contributed by atoms with Crippen LogP contribution in [0, 0.1) is 0 Å². The molecule has 0 heterocycles. The Hall–Kier alpha value is -1.56. The third-order valence-corrected chi connectivity index (χ3v) is 3.14. The van der Waals surface area contributed by atoms with E-state index in [4.69, 9.17) is 0 Å². The van der Waals surface area contributed by atoms with Crippen molar-refractivity contribution in [3.63, 3.8) is 0 Å². The third kappa shape index (κ3) is 3.90. The molecule has 6 heteroatoms. The first-order valence-corrected chi connectivity index (χ1v) is 6.46. The molecule has 0 atom stereocenters. The van der Waals surface area contributed by atoms with Crippen LogP contribution in [-0.2, 0) is 14.8 Å². The van der Waals surface area contributed by atoms with E-state index in [1.807, 2.05) is 0 Å². The van der Waals surface area contributed by atoms with E-state index in [1.165, 1.54) is 6.92 Å². The molecule has 0 saturated heterocycles. The summed E-state index contributed by atoms with van der Waals surface area (Å²) in [6.45, 7) is 2.95. The topological polar surface area (TPSA) is 75.3 Å². The van der Waals surface area contributed by atoms with Crippen LogP contribution in [0.25, 0.3) is 0 Å². The molecule has 0 bridgehead atoms. The molecule has 0 radical (unpaired) electrons. The molecule has 1 aromatic rings. The first kappa shape index (κ1) is 12.5. The molecular formula is C10H14N2O3S. The summed E-state index contributed by atoms with van der Waals surface area (Å²) in [5.41, 5.74) is 0.997. The van der Waals surface area contributed by atoms with Gasteiger partial charge in [-0.15, -0.1) is 0 Å². The van der Waals surface area contributed by atoms with E-state index in [2.05, 4.69) is 10.0 Å². The quantitative estimate of drug-likeness (QED) is 0.838. The fourth-order valence-corrected chi connectivity index (χ4v) is 1.75. The van der Waals surface area contributed by atoms with E-state index in [0.717, 1.165) is 0 Å². The lowest BCUT2D eigenvalue weighted by molar-refractivity contribution is -0.114. The maximum absolute atomic E-state index is 11.3. The van der Waals surface area contributed by atoms with E-state index >= 15 is 0 Å². The lowest BCUT2D eigenvalue weighted by atomic mass is 10.3. The second-order valence-electron chi connectivity index (χ2n) is 3.27. The summed E-state index contributed by atoms with van der Waals surface area (Å²) in [4.78, 5) is 10.8. The van der Waals surface area contributed by atoms with Gasteiger partial charge in [0.1, 0.15) is 0 Å². The van der Waals surface area contributed by atoms with Gasteiger partial charge in [-0.1, -0.05) is 6.07 Å². The first-order valence-electron chi connectivity index (χ1n) is 4.81. The van der Waals surface area contributed by atoms with E-state index < -0.39 is 10.0 Å². The molecule has 0 saturated carbocycles. The van der Waals surface area contributed by atoms with Gasteiger partial charge in [0.15, 0.2) is 0 Å². The first-order chi connectivity index (χ1) is 7.43. The number of nitrogens with one attached hydrogen (secondary N) is 2. The fourth-order valence-electron chi connectivity index (χ4n) is 1.12. The number of sulfonamides is 1. The van der Waals surface area contributed by atoms with Crippen LogP contribution in [0.15, 0.2) is 24.3 Å². The van der Waals surface area contributed by atoms with Gasteiger partial charge in [-0.25, -0.2) is 8.42 Å². The molecule has 0 aromatic heterocycles. The smallest absolute Gasteiger partial charge is 0.232 e. The Kier molecular flexibility index (Phi) is 3.89. The van der Waals surface area contributed by atoms with Crippen molar-refractivity contribution >= 4 is 27.3 Å². The van der Waals surface area contributed by atoms with Crippen molar-refractivity contribution in [2.75, 3.05) is 15.8 Å². The maximum Gasteiger partial charge on any atom is 0.232 e. The summed E-state index contributed by atoms with van der Waals surface area (Å²) in [5, 5.41) is 2.58. The lowest BCUT2D eigenvalue weighted by Gasteiger charge is -2.08. The van der Waals surface area contributed by atoms with Crippen LogP contribution in [-0.4, -0.2) is 20.1 Å². The number of hydrogen-bond acceptors (Lipinski definition) is 3. The highest BCUT2D eigenvalue weighted by Gasteiger charge is 2.06. The van der Waals surface area contributed by atoms with Crippen molar-refractivity contribution in [1.82, 2.24) is 0 Å². The summed E-state index contributed by atoms with van der Waals surface area (Å²) in [6.07, 6.45) is 0. The Bertz CT molecular complexity index is 483. The average molecular weight is 242 g/mol. The number of benzene rings is 1. The summed E-state index contributed by atoms with van der Waals surface area (Å²) >= 11 is 0. The molecular weight excluding hydrogens is 228 g/mol. The zero-order valence-electron chi connectivity index (χ0n) is 9.15. The molecule has 0 aliphatic heterocycles. The second-order valence-corrected chi connectivity index (χ2v) is 5.28. The van der Waals surface area contributed by atoms with Gasteiger partial charge in [-0.3, -0.25) is 9.52 Å². The van der Waals surface area contributed by atoms with Gasteiger partial charge >= 0.3 is 0 Å². The van der Waals surface area contributed by atoms with Crippen LogP contribution in [0.2, 0.25) is 0 Å². The molecule has 16 heavy (non-hydrogen) atoms. The van der Waals surface area contributed by atoms with Gasteiger partial charge in [0.2, 0.25) is 15.9 Å². The normalized spacial score (nSPS) is 10.9. The number of rotatable bonds is 4. The van der Waals surface area contributed by atoms with Gasteiger partial charge in [-0.05, 0) is 25.1 Å². The fraction of sp³-hybridized carbons (Fsp3) is 0.300. The van der Waals surface area contributed by atoms with Gasteiger partial charge in [0.25, 0.3) is 0 Å². The third-order valence-electron chi connectivity index (χ3n) is 1.84. The lowest BCUT2D eigenvalue weighted by Crippen LogP contribution is -2.14. The van der Waals surface area contributed by atoms with Crippen molar-refractivity contribution < 1.29 is 13.2 Å². The van der Waals surface area contributed by atoms with E-state index in [-0.39, 0.29) is 11.7 Å². The van der Waals surface area contributed by atoms with Crippen molar-refractivity contribution in [3.05, 3.63) is 24.3 Å². The molecule has 0 spiro atoms. The molecule has 88 valence electrons. The van der Waals surface area contributed by atoms with Gasteiger partial charge in [0, 0.05) is 12.6 Å². The predicted octanol–water partition coefficient (Wildman–Crippen LogP) is 1.41.